The zero-order valence-electron chi connectivity index (χ0n) is 10.9. The number of carboxylic acids is 1. The topological polar surface area (TPSA) is 143 Å². The lowest BCUT2D eigenvalue weighted by Crippen LogP contribution is -2.48. The molecule has 1 aromatic heterocycles. The van der Waals surface area contributed by atoms with Gasteiger partial charge in [-0.3, -0.25) is 10.1 Å². The summed E-state index contributed by atoms with van der Waals surface area (Å²) < 4.78 is 5.60. The highest BCUT2D eigenvalue weighted by Gasteiger charge is 2.50. The van der Waals surface area contributed by atoms with Crippen LogP contribution in [0.15, 0.2) is 16.7 Å². The van der Waals surface area contributed by atoms with Gasteiger partial charge in [-0.25, -0.2) is 14.6 Å². The third-order valence-electron chi connectivity index (χ3n) is 3.18. The second kappa shape index (κ2) is 5.75. The minimum atomic E-state index is -1.90. The zero-order valence-corrected chi connectivity index (χ0v) is 12.5. The number of carboxylic acid groups (broad SMARTS) is 2. The predicted molar refractivity (Wildman–Crippen MR) is 73.8 cm³/mol. The molecule has 1 aromatic rings. The molecule has 0 saturated carbocycles. The molecule has 0 spiro atoms. The van der Waals surface area contributed by atoms with E-state index < -0.39 is 40.7 Å². The molecule has 2 rings (SSSR count). The maximum atomic E-state index is 11.5. The zero-order chi connectivity index (χ0) is 16.5. The van der Waals surface area contributed by atoms with E-state index in [0.29, 0.717) is 4.47 Å². The first kappa shape index (κ1) is 15.9. The molecule has 0 bridgehead atoms. The summed E-state index contributed by atoms with van der Waals surface area (Å²) in [5.74, 6) is -1.88. The molecule has 118 valence electrons. The van der Waals surface area contributed by atoms with Crippen molar-refractivity contribution in [3.8, 4) is 5.88 Å². The summed E-state index contributed by atoms with van der Waals surface area (Å²) in [5, 5.41) is 29.3. The van der Waals surface area contributed by atoms with E-state index >= 15 is 0 Å². The lowest BCUT2D eigenvalue weighted by atomic mass is 10.0. The maximum Gasteiger partial charge on any atom is 0.407 e. The van der Waals surface area contributed by atoms with Gasteiger partial charge in [-0.15, -0.1) is 0 Å². The summed E-state index contributed by atoms with van der Waals surface area (Å²) in [4.78, 5) is 37.3. The molecule has 1 unspecified atom stereocenters. The summed E-state index contributed by atoms with van der Waals surface area (Å²) >= 11 is 3.02. The standard InChI is InChI=1S/C11H10BrN3O7/c12-6-3-7(15(20)21)8(13-4-6)22-11(9(16)17)1-2-14(5-11)10(18)19/h3-4H,1-2,5H2,(H,16,17)(H,18,19). The molecule has 1 aliphatic heterocycles. The first-order chi connectivity index (χ1) is 10.2. The number of carbonyl (C=O) groups is 2. The van der Waals surface area contributed by atoms with Crippen molar-refractivity contribution >= 4 is 33.7 Å². The van der Waals surface area contributed by atoms with E-state index in [1.807, 2.05) is 0 Å². The molecule has 2 N–H and O–H groups in total. The SMILES string of the molecule is O=C(O)N1CCC(Oc2ncc(Br)cc2[N+](=O)[O-])(C(=O)O)C1. The third kappa shape index (κ3) is 2.93. The summed E-state index contributed by atoms with van der Waals surface area (Å²) in [7, 11) is 0. The summed E-state index contributed by atoms with van der Waals surface area (Å²) in [6, 6.07) is 1.13. The third-order valence-corrected chi connectivity index (χ3v) is 3.61. The van der Waals surface area contributed by atoms with Crippen molar-refractivity contribution in [2.24, 2.45) is 0 Å². The van der Waals surface area contributed by atoms with Crippen LogP contribution < -0.4 is 4.74 Å². The average Bonchev–Trinajstić information content (AvgIpc) is 2.86. The van der Waals surface area contributed by atoms with Crippen LogP contribution in [-0.2, 0) is 4.79 Å². The number of likely N-dealkylation sites (tertiary alicyclic amines) is 1. The highest BCUT2D eigenvalue weighted by atomic mass is 79.9. The average molecular weight is 376 g/mol. The van der Waals surface area contributed by atoms with E-state index in [4.69, 9.17) is 9.84 Å². The molecule has 0 aliphatic carbocycles. The predicted octanol–water partition coefficient (Wildman–Crippen LogP) is 1.34. The van der Waals surface area contributed by atoms with Crippen LogP contribution in [0.3, 0.4) is 0 Å². The molecular weight excluding hydrogens is 366 g/mol. The van der Waals surface area contributed by atoms with E-state index in [2.05, 4.69) is 20.9 Å². The van der Waals surface area contributed by atoms with Gasteiger partial charge in [0.2, 0.25) is 5.60 Å². The van der Waals surface area contributed by atoms with Crippen molar-refractivity contribution < 1.29 is 29.5 Å². The largest absolute Gasteiger partial charge is 0.478 e. The van der Waals surface area contributed by atoms with Gasteiger partial charge in [0.1, 0.15) is 0 Å². The molecule has 22 heavy (non-hydrogen) atoms. The normalized spacial score (nSPS) is 20.7. The van der Waals surface area contributed by atoms with E-state index in [0.717, 1.165) is 11.0 Å². The number of hydrogen-bond acceptors (Lipinski definition) is 6. The maximum absolute atomic E-state index is 11.5. The van der Waals surface area contributed by atoms with Crippen LogP contribution >= 0.6 is 15.9 Å². The van der Waals surface area contributed by atoms with E-state index in [-0.39, 0.29) is 13.0 Å². The van der Waals surface area contributed by atoms with Crippen LogP contribution in [0.25, 0.3) is 0 Å². The summed E-state index contributed by atoms with van der Waals surface area (Å²) in [6.07, 6.45) is -0.198. The Hall–Kier alpha value is -2.43. The van der Waals surface area contributed by atoms with Gasteiger partial charge in [0, 0.05) is 29.7 Å². The van der Waals surface area contributed by atoms with Gasteiger partial charge in [-0.2, -0.15) is 0 Å². The Morgan fingerprint density at radius 1 is 1.50 bits per heavy atom. The van der Waals surface area contributed by atoms with Crippen LogP contribution in [0, 0.1) is 10.1 Å². The van der Waals surface area contributed by atoms with Crippen LogP contribution in [0.2, 0.25) is 0 Å². The van der Waals surface area contributed by atoms with Crippen molar-refractivity contribution in [2.45, 2.75) is 12.0 Å². The van der Waals surface area contributed by atoms with Crippen molar-refractivity contribution in [2.75, 3.05) is 13.1 Å². The van der Waals surface area contributed by atoms with Gasteiger partial charge in [-0.05, 0) is 15.9 Å². The minimum Gasteiger partial charge on any atom is -0.478 e. The van der Waals surface area contributed by atoms with Crippen molar-refractivity contribution in [3.05, 3.63) is 26.9 Å². The van der Waals surface area contributed by atoms with Gasteiger partial charge in [0.15, 0.2) is 0 Å². The van der Waals surface area contributed by atoms with Gasteiger partial charge >= 0.3 is 17.7 Å². The molecule has 1 fully saturated rings. The second-order valence-corrected chi connectivity index (χ2v) is 5.51. The van der Waals surface area contributed by atoms with Crippen LogP contribution in [-0.4, -0.2) is 55.8 Å². The fraction of sp³-hybridized carbons (Fsp3) is 0.364. The summed E-state index contributed by atoms with van der Waals surface area (Å²) in [6.45, 7) is -0.488. The Labute approximate surface area is 131 Å². The lowest BCUT2D eigenvalue weighted by molar-refractivity contribution is -0.386. The molecule has 1 saturated heterocycles. The molecule has 10 nitrogen and oxygen atoms in total. The van der Waals surface area contributed by atoms with Crippen LogP contribution in [0.4, 0.5) is 10.5 Å². The van der Waals surface area contributed by atoms with Crippen LogP contribution in [0.1, 0.15) is 6.42 Å². The fourth-order valence-electron chi connectivity index (χ4n) is 2.06. The highest BCUT2D eigenvalue weighted by molar-refractivity contribution is 9.10. The number of hydrogen-bond donors (Lipinski definition) is 2. The second-order valence-electron chi connectivity index (χ2n) is 4.59. The van der Waals surface area contributed by atoms with Crippen LogP contribution in [0.5, 0.6) is 5.88 Å². The molecule has 0 aromatic carbocycles. The van der Waals surface area contributed by atoms with E-state index in [1.54, 1.807) is 0 Å². The molecule has 1 amide bonds. The molecule has 1 aliphatic rings. The van der Waals surface area contributed by atoms with Crippen molar-refractivity contribution in [3.63, 3.8) is 0 Å². The summed E-state index contributed by atoms with van der Waals surface area (Å²) in [5.41, 5.74) is -2.41. The highest BCUT2D eigenvalue weighted by Crippen LogP contribution is 2.34. The van der Waals surface area contributed by atoms with Gasteiger partial charge < -0.3 is 19.8 Å². The molecule has 11 heteroatoms. The monoisotopic (exact) mass is 375 g/mol. The van der Waals surface area contributed by atoms with Gasteiger partial charge in [0.05, 0.1) is 11.5 Å². The number of ether oxygens (including phenoxy) is 1. The molecule has 2 heterocycles. The number of nitrogens with zero attached hydrogens (tertiary/aromatic N) is 3. The number of nitro groups is 1. The quantitative estimate of drug-likeness (QED) is 0.592. The van der Waals surface area contributed by atoms with Crippen molar-refractivity contribution in [1.29, 1.82) is 0 Å². The fourth-order valence-corrected chi connectivity index (χ4v) is 2.38. The number of rotatable bonds is 4. The molecule has 0 radical (unpaired) electrons. The Bertz CT molecular complexity index is 653. The smallest absolute Gasteiger partial charge is 0.407 e. The van der Waals surface area contributed by atoms with E-state index in [1.165, 1.54) is 6.20 Å². The number of pyridine rings is 1. The van der Waals surface area contributed by atoms with Crippen molar-refractivity contribution in [1.82, 2.24) is 9.88 Å². The molecular formula is C11H10BrN3O7. The van der Waals surface area contributed by atoms with Gasteiger partial charge in [0.25, 0.3) is 5.88 Å². The number of aromatic nitrogens is 1. The van der Waals surface area contributed by atoms with E-state index in [9.17, 15) is 24.8 Å². The first-order valence-corrected chi connectivity index (χ1v) is 6.75. The van der Waals surface area contributed by atoms with Gasteiger partial charge in [-0.1, -0.05) is 0 Å². The Balaban J connectivity index is 2.36. The Kier molecular flexibility index (Phi) is 4.17. The Morgan fingerprint density at radius 2 is 2.18 bits per heavy atom. The number of amides is 1. The molecule has 1 atom stereocenters. The number of aliphatic carboxylic acids is 1. The number of halogens is 1. The lowest BCUT2D eigenvalue weighted by Gasteiger charge is -2.24. The minimum absolute atomic E-state index is 0.0496. The first-order valence-electron chi connectivity index (χ1n) is 5.95. The Morgan fingerprint density at radius 3 is 2.68 bits per heavy atom.